The molecule has 0 bridgehead atoms. The lowest BCUT2D eigenvalue weighted by Crippen LogP contribution is -2.46. The van der Waals surface area contributed by atoms with Gasteiger partial charge < -0.3 is 23.8 Å². The second-order valence-corrected chi connectivity index (χ2v) is 6.16. The van der Waals surface area contributed by atoms with E-state index >= 15 is 0 Å². The summed E-state index contributed by atoms with van der Waals surface area (Å²) in [6.07, 6.45) is 1.72. The van der Waals surface area contributed by atoms with Crippen molar-refractivity contribution in [2.24, 2.45) is 0 Å². The highest BCUT2D eigenvalue weighted by Gasteiger charge is 2.22. The molecule has 1 saturated heterocycles. The third-order valence-electron chi connectivity index (χ3n) is 4.66. The van der Waals surface area contributed by atoms with Crippen LogP contribution in [0.15, 0.2) is 24.4 Å². The normalized spacial score (nSPS) is 14.7. The Morgan fingerprint density at radius 1 is 0.852 bits per heavy atom. The molecular formula is C19H26N4O4. The van der Waals surface area contributed by atoms with E-state index in [1.54, 1.807) is 40.7 Å². The first-order valence-corrected chi connectivity index (χ1v) is 8.82. The molecule has 8 nitrogen and oxygen atoms in total. The molecule has 0 atom stereocenters. The van der Waals surface area contributed by atoms with Gasteiger partial charge in [-0.3, -0.25) is 4.90 Å². The van der Waals surface area contributed by atoms with Crippen molar-refractivity contribution < 1.29 is 18.9 Å². The molecule has 0 aliphatic carbocycles. The first kappa shape index (κ1) is 19.0. The second-order valence-electron chi connectivity index (χ2n) is 6.16. The number of nitrogens with zero attached hydrogens (tertiary/aromatic N) is 4. The first-order chi connectivity index (χ1) is 13.2. The van der Waals surface area contributed by atoms with Crippen LogP contribution in [0.3, 0.4) is 0 Å². The summed E-state index contributed by atoms with van der Waals surface area (Å²) >= 11 is 0. The van der Waals surface area contributed by atoms with Crippen molar-refractivity contribution in [1.82, 2.24) is 14.9 Å². The van der Waals surface area contributed by atoms with Crippen LogP contribution in [0.2, 0.25) is 0 Å². The average molecular weight is 374 g/mol. The Balaban J connectivity index is 1.67. The highest BCUT2D eigenvalue weighted by molar-refractivity contribution is 5.55. The van der Waals surface area contributed by atoms with Gasteiger partial charge in [0.05, 0.1) is 28.4 Å². The minimum absolute atomic E-state index is 0.581. The van der Waals surface area contributed by atoms with Gasteiger partial charge in [0.1, 0.15) is 0 Å². The van der Waals surface area contributed by atoms with E-state index in [4.69, 9.17) is 18.9 Å². The SMILES string of the molecule is COc1ccnc(N2CCN(Cc3ccc(OC)c(OC)c3OC)CC2)n1. The molecule has 0 amide bonds. The van der Waals surface area contributed by atoms with Gasteiger partial charge in [-0.2, -0.15) is 4.98 Å². The number of ether oxygens (including phenoxy) is 4. The fraction of sp³-hybridized carbons (Fsp3) is 0.474. The van der Waals surface area contributed by atoms with Gasteiger partial charge in [0.25, 0.3) is 0 Å². The lowest BCUT2D eigenvalue weighted by Gasteiger charge is -2.35. The van der Waals surface area contributed by atoms with Crippen molar-refractivity contribution in [2.75, 3.05) is 59.5 Å². The molecule has 0 saturated carbocycles. The van der Waals surface area contributed by atoms with Gasteiger partial charge in [-0.25, -0.2) is 4.98 Å². The summed E-state index contributed by atoms with van der Waals surface area (Å²) in [4.78, 5) is 13.3. The van der Waals surface area contributed by atoms with E-state index < -0.39 is 0 Å². The predicted octanol–water partition coefficient (Wildman–Crippen LogP) is 1.83. The Morgan fingerprint density at radius 2 is 1.59 bits per heavy atom. The lowest BCUT2D eigenvalue weighted by atomic mass is 10.1. The molecule has 1 aliphatic heterocycles. The molecule has 0 radical (unpaired) electrons. The van der Waals surface area contributed by atoms with Gasteiger partial charge in [-0.1, -0.05) is 6.07 Å². The van der Waals surface area contributed by atoms with E-state index in [1.165, 1.54) is 0 Å². The van der Waals surface area contributed by atoms with Crippen LogP contribution in [-0.2, 0) is 6.54 Å². The molecule has 3 rings (SSSR count). The number of hydrogen-bond acceptors (Lipinski definition) is 8. The van der Waals surface area contributed by atoms with Crippen molar-refractivity contribution in [2.45, 2.75) is 6.54 Å². The maximum absolute atomic E-state index is 5.59. The van der Waals surface area contributed by atoms with Crippen molar-refractivity contribution in [1.29, 1.82) is 0 Å². The van der Waals surface area contributed by atoms with Crippen LogP contribution in [0.5, 0.6) is 23.1 Å². The minimum Gasteiger partial charge on any atom is -0.493 e. The molecule has 2 aromatic rings. The zero-order valence-electron chi connectivity index (χ0n) is 16.3. The van der Waals surface area contributed by atoms with Crippen LogP contribution in [0.4, 0.5) is 5.95 Å². The second kappa shape index (κ2) is 8.77. The Labute approximate surface area is 159 Å². The van der Waals surface area contributed by atoms with Crippen LogP contribution >= 0.6 is 0 Å². The van der Waals surface area contributed by atoms with Gasteiger partial charge in [0, 0.05) is 50.6 Å². The smallest absolute Gasteiger partial charge is 0.228 e. The maximum Gasteiger partial charge on any atom is 0.228 e. The number of benzene rings is 1. The number of hydrogen-bond donors (Lipinski definition) is 0. The highest BCUT2D eigenvalue weighted by Crippen LogP contribution is 2.40. The third-order valence-corrected chi connectivity index (χ3v) is 4.66. The fourth-order valence-electron chi connectivity index (χ4n) is 3.23. The Kier molecular flexibility index (Phi) is 6.18. The van der Waals surface area contributed by atoms with Crippen LogP contribution in [-0.4, -0.2) is 69.5 Å². The van der Waals surface area contributed by atoms with E-state index in [9.17, 15) is 0 Å². The van der Waals surface area contributed by atoms with E-state index in [1.807, 2.05) is 12.1 Å². The summed E-state index contributed by atoms with van der Waals surface area (Å²) in [7, 11) is 6.51. The van der Waals surface area contributed by atoms with E-state index in [-0.39, 0.29) is 0 Å². The Hall–Kier alpha value is -2.74. The molecular weight excluding hydrogens is 348 g/mol. The van der Waals surface area contributed by atoms with Gasteiger partial charge in [0.2, 0.25) is 17.6 Å². The van der Waals surface area contributed by atoms with Gasteiger partial charge in [-0.05, 0) is 6.07 Å². The van der Waals surface area contributed by atoms with Crippen molar-refractivity contribution in [3.8, 4) is 23.1 Å². The van der Waals surface area contributed by atoms with Crippen LogP contribution in [0.1, 0.15) is 5.56 Å². The van der Waals surface area contributed by atoms with Crippen molar-refractivity contribution >= 4 is 5.95 Å². The molecule has 1 aromatic carbocycles. The number of methoxy groups -OCH3 is 4. The molecule has 27 heavy (non-hydrogen) atoms. The number of piperazine rings is 1. The maximum atomic E-state index is 5.59. The summed E-state index contributed by atoms with van der Waals surface area (Å²) in [5, 5.41) is 0. The van der Waals surface area contributed by atoms with Gasteiger partial charge in [-0.15, -0.1) is 0 Å². The number of aromatic nitrogens is 2. The Bertz CT molecular complexity index is 763. The number of rotatable bonds is 7. The molecule has 1 aromatic heterocycles. The van der Waals surface area contributed by atoms with Crippen LogP contribution < -0.4 is 23.8 Å². The third kappa shape index (κ3) is 4.16. The van der Waals surface area contributed by atoms with Gasteiger partial charge in [0.15, 0.2) is 11.5 Å². The molecule has 0 spiro atoms. The summed E-state index contributed by atoms with van der Waals surface area (Å²) in [6, 6.07) is 5.69. The zero-order chi connectivity index (χ0) is 19.2. The van der Waals surface area contributed by atoms with E-state index in [0.717, 1.165) is 44.0 Å². The highest BCUT2D eigenvalue weighted by atomic mass is 16.5. The summed E-state index contributed by atoms with van der Waals surface area (Å²) in [6.45, 7) is 4.28. The molecule has 8 heteroatoms. The monoisotopic (exact) mass is 374 g/mol. The molecule has 2 heterocycles. The van der Waals surface area contributed by atoms with Crippen molar-refractivity contribution in [3.05, 3.63) is 30.0 Å². The van der Waals surface area contributed by atoms with Crippen LogP contribution in [0, 0.1) is 0 Å². The van der Waals surface area contributed by atoms with Crippen LogP contribution in [0.25, 0.3) is 0 Å². The minimum atomic E-state index is 0.581. The van der Waals surface area contributed by atoms with E-state index in [0.29, 0.717) is 23.3 Å². The number of anilines is 1. The molecule has 0 unspecified atom stereocenters. The van der Waals surface area contributed by atoms with E-state index in [2.05, 4.69) is 19.8 Å². The standard InChI is InChI=1S/C19H26N4O4/c1-24-15-6-5-14(17(26-3)18(15)27-4)13-22-9-11-23(12-10-22)19-20-8-7-16(21-19)25-2/h5-8H,9-13H2,1-4H3. The van der Waals surface area contributed by atoms with Gasteiger partial charge >= 0.3 is 0 Å². The largest absolute Gasteiger partial charge is 0.493 e. The van der Waals surface area contributed by atoms with Crippen molar-refractivity contribution in [3.63, 3.8) is 0 Å². The first-order valence-electron chi connectivity index (χ1n) is 8.82. The summed E-state index contributed by atoms with van der Waals surface area (Å²) < 4.78 is 21.6. The fourth-order valence-corrected chi connectivity index (χ4v) is 3.23. The zero-order valence-corrected chi connectivity index (χ0v) is 16.3. The summed E-state index contributed by atoms with van der Waals surface area (Å²) in [5.74, 6) is 3.30. The molecule has 0 N–H and O–H groups in total. The average Bonchev–Trinajstić information content (AvgIpc) is 2.73. The molecule has 1 aliphatic rings. The Morgan fingerprint density at radius 3 is 2.22 bits per heavy atom. The lowest BCUT2D eigenvalue weighted by molar-refractivity contribution is 0.242. The quantitative estimate of drug-likeness (QED) is 0.727. The molecule has 1 fully saturated rings. The molecule has 146 valence electrons. The topological polar surface area (TPSA) is 69.2 Å². The summed E-state index contributed by atoms with van der Waals surface area (Å²) in [5.41, 5.74) is 1.07. The predicted molar refractivity (Wildman–Crippen MR) is 102 cm³/mol.